The minimum Gasteiger partial charge on any atom is -0.491 e. The minimum absolute atomic E-state index is 0.231. The summed E-state index contributed by atoms with van der Waals surface area (Å²) < 4.78 is 5.64. The lowest BCUT2D eigenvalue weighted by Crippen LogP contribution is -2.29. The van der Waals surface area contributed by atoms with E-state index in [9.17, 15) is 0 Å². The molecule has 0 bridgehead atoms. The molecule has 0 fully saturated rings. The highest BCUT2D eigenvalue weighted by Crippen LogP contribution is 2.14. The summed E-state index contributed by atoms with van der Waals surface area (Å²) >= 11 is 0. The Kier molecular flexibility index (Phi) is 6.89. The van der Waals surface area contributed by atoms with E-state index in [1.165, 1.54) is 5.56 Å². The summed E-state index contributed by atoms with van der Waals surface area (Å²) in [5.74, 6) is 1.51. The second-order valence-corrected chi connectivity index (χ2v) is 5.66. The third kappa shape index (κ3) is 6.60. The standard InChI is InChI=1S/C16H28N2O/c1-13(2)19-16-7-5-15(6-8-16)9-10-18(4)12-14(3)11-17/h5-8,13-14H,9-12,17H2,1-4H3. The number of rotatable bonds is 8. The van der Waals surface area contributed by atoms with Crippen molar-refractivity contribution in [2.75, 3.05) is 26.7 Å². The van der Waals surface area contributed by atoms with E-state index in [0.29, 0.717) is 5.92 Å². The average Bonchev–Trinajstić information content (AvgIpc) is 2.37. The number of likely N-dealkylation sites (N-methyl/N-ethyl adjacent to an activating group) is 1. The lowest BCUT2D eigenvalue weighted by molar-refractivity contribution is 0.242. The summed E-state index contributed by atoms with van der Waals surface area (Å²) in [7, 11) is 2.16. The highest BCUT2D eigenvalue weighted by atomic mass is 16.5. The van der Waals surface area contributed by atoms with Crippen LogP contribution >= 0.6 is 0 Å². The van der Waals surface area contributed by atoms with Gasteiger partial charge in [0.05, 0.1) is 6.10 Å². The van der Waals surface area contributed by atoms with Gasteiger partial charge in [-0.3, -0.25) is 0 Å². The fourth-order valence-electron chi connectivity index (χ4n) is 2.02. The van der Waals surface area contributed by atoms with Gasteiger partial charge in [-0.15, -0.1) is 0 Å². The number of nitrogens with zero attached hydrogens (tertiary/aromatic N) is 1. The van der Waals surface area contributed by atoms with E-state index in [0.717, 1.165) is 31.8 Å². The molecule has 0 saturated carbocycles. The molecule has 3 heteroatoms. The molecule has 0 aliphatic heterocycles. The molecule has 108 valence electrons. The van der Waals surface area contributed by atoms with Gasteiger partial charge >= 0.3 is 0 Å². The Morgan fingerprint density at radius 3 is 2.32 bits per heavy atom. The van der Waals surface area contributed by atoms with Crippen LogP contribution in [0.3, 0.4) is 0 Å². The molecule has 1 unspecified atom stereocenters. The van der Waals surface area contributed by atoms with Crippen LogP contribution in [0.2, 0.25) is 0 Å². The molecule has 0 saturated heterocycles. The third-order valence-electron chi connectivity index (χ3n) is 3.10. The molecule has 0 aliphatic rings. The zero-order valence-electron chi connectivity index (χ0n) is 12.7. The van der Waals surface area contributed by atoms with Crippen LogP contribution in [0.15, 0.2) is 24.3 Å². The molecule has 2 N–H and O–H groups in total. The minimum atomic E-state index is 0.231. The van der Waals surface area contributed by atoms with Crippen LogP contribution in [0.5, 0.6) is 5.75 Å². The zero-order chi connectivity index (χ0) is 14.3. The molecule has 0 aromatic heterocycles. The first-order valence-corrected chi connectivity index (χ1v) is 7.15. The summed E-state index contributed by atoms with van der Waals surface area (Å²) in [6.45, 7) is 9.16. The SMILES string of the molecule is CC(CN)CN(C)CCc1ccc(OC(C)C)cc1. The summed E-state index contributed by atoms with van der Waals surface area (Å²) in [5.41, 5.74) is 6.99. The maximum Gasteiger partial charge on any atom is 0.119 e. The first-order chi connectivity index (χ1) is 9.01. The van der Waals surface area contributed by atoms with Gasteiger partial charge in [0.2, 0.25) is 0 Å². The molecule has 0 spiro atoms. The molecule has 19 heavy (non-hydrogen) atoms. The Labute approximate surface area is 117 Å². The lowest BCUT2D eigenvalue weighted by Gasteiger charge is -2.20. The number of hydrogen-bond acceptors (Lipinski definition) is 3. The molecule has 1 aromatic carbocycles. The predicted molar refractivity (Wildman–Crippen MR) is 81.6 cm³/mol. The maximum absolute atomic E-state index is 5.64. The molecule has 3 nitrogen and oxygen atoms in total. The Bertz CT molecular complexity index is 348. The van der Waals surface area contributed by atoms with Gasteiger partial charge in [-0.2, -0.15) is 0 Å². The van der Waals surface area contributed by atoms with Crippen molar-refractivity contribution >= 4 is 0 Å². The average molecular weight is 264 g/mol. The van der Waals surface area contributed by atoms with Crippen LogP contribution in [0.25, 0.3) is 0 Å². The molecule has 0 amide bonds. The molecular formula is C16H28N2O. The molecule has 1 rings (SSSR count). The Hall–Kier alpha value is -1.06. The molecular weight excluding hydrogens is 236 g/mol. The van der Waals surface area contributed by atoms with Crippen LogP contribution in [-0.2, 0) is 6.42 Å². The smallest absolute Gasteiger partial charge is 0.119 e. The van der Waals surface area contributed by atoms with Crippen molar-refractivity contribution in [2.24, 2.45) is 11.7 Å². The number of nitrogens with two attached hydrogens (primary N) is 1. The van der Waals surface area contributed by atoms with Crippen LogP contribution in [-0.4, -0.2) is 37.7 Å². The Morgan fingerprint density at radius 1 is 1.16 bits per heavy atom. The summed E-state index contributed by atoms with van der Waals surface area (Å²) in [6, 6.07) is 8.41. The van der Waals surface area contributed by atoms with E-state index in [4.69, 9.17) is 10.5 Å². The number of benzene rings is 1. The third-order valence-corrected chi connectivity index (χ3v) is 3.10. The van der Waals surface area contributed by atoms with Crippen LogP contribution < -0.4 is 10.5 Å². The van der Waals surface area contributed by atoms with Crippen molar-refractivity contribution in [3.8, 4) is 5.75 Å². The normalized spacial score (nSPS) is 13.0. The Morgan fingerprint density at radius 2 is 1.79 bits per heavy atom. The predicted octanol–water partition coefficient (Wildman–Crippen LogP) is 2.54. The summed E-state index contributed by atoms with van der Waals surface area (Å²) in [6.07, 6.45) is 1.30. The van der Waals surface area contributed by atoms with E-state index < -0.39 is 0 Å². The number of hydrogen-bond donors (Lipinski definition) is 1. The fraction of sp³-hybridized carbons (Fsp3) is 0.625. The van der Waals surface area contributed by atoms with Gasteiger partial charge in [-0.25, -0.2) is 0 Å². The summed E-state index contributed by atoms with van der Waals surface area (Å²) in [4.78, 5) is 2.34. The van der Waals surface area contributed by atoms with E-state index in [2.05, 4.69) is 43.1 Å². The zero-order valence-corrected chi connectivity index (χ0v) is 12.7. The van der Waals surface area contributed by atoms with E-state index in [1.54, 1.807) is 0 Å². The van der Waals surface area contributed by atoms with Gasteiger partial charge < -0.3 is 15.4 Å². The molecule has 0 radical (unpaired) electrons. The van der Waals surface area contributed by atoms with Crippen LogP contribution in [0, 0.1) is 5.92 Å². The lowest BCUT2D eigenvalue weighted by atomic mass is 10.1. The van der Waals surface area contributed by atoms with Crippen molar-refractivity contribution < 1.29 is 4.74 Å². The summed E-state index contributed by atoms with van der Waals surface area (Å²) in [5, 5.41) is 0. The van der Waals surface area contributed by atoms with Gasteiger partial charge in [0, 0.05) is 13.1 Å². The highest BCUT2D eigenvalue weighted by molar-refractivity contribution is 5.27. The van der Waals surface area contributed by atoms with Crippen LogP contribution in [0.1, 0.15) is 26.3 Å². The molecule has 0 heterocycles. The quantitative estimate of drug-likeness (QED) is 0.784. The monoisotopic (exact) mass is 264 g/mol. The van der Waals surface area contributed by atoms with Gasteiger partial charge in [0.15, 0.2) is 0 Å². The second kappa shape index (κ2) is 8.18. The van der Waals surface area contributed by atoms with Gasteiger partial charge in [-0.1, -0.05) is 19.1 Å². The van der Waals surface area contributed by atoms with E-state index in [-0.39, 0.29) is 6.10 Å². The van der Waals surface area contributed by atoms with Gasteiger partial charge in [-0.05, 0) is 57.5 Å². The van der Waals surface area contributed by atoms with Crippen molar-refractivity contribution in [2.45, 2.75) is 33.3 Å². The van der Waals surface area contributed by atoms with Crippen molar-refractivity contribution in [3.63, 3.8) is 0 Å². The maximum atomic E-state index is 5.64. The largest absolute Gasteiger partial charge is 0.491 e. The molecule has 1 atom stereocenters. The topological polar surface area (TPSA) is 38.5 Å². The fourth-order valence-corrected chi connectivity index (χ4v) is 2.02. The van der Waals surface area contributed by atoms with Crippen molar-refractivity contribution in [1.29, 1.82) is 0 Å². The van der Waals surface area contributed by atoms with E-state index in [1.807, 2.05) is 13.8 Å². The molecule has 1 aromatic rings. The van der Waals surface area contributed by atoms with Gasteiger partial charge in [0.1, 0.15) is 5.75 Å². The van der Waals surface area contributed by atoms with Crippen molar-refractivity contribution in [1.82, 2.24) is 4.90 Å². The number of ether oxygens (including phenoxy) is 1. The first kappa shape index (κ1) is 16.0. The molecule has 0 aliphatic carbocycles. The van der Waals surface area contributed by atoms with Crippen LogP contribution in [0.4, 0.5) is 0 Å². The second-order valence-electron chi connectivity index (χ2n) is 5.66. The first-order valence-electron chi connectivity index (χ1n) is 7.15. The van der Waals surface area contributed by atoms with Gasteiger partial charge in [0.25, 0.3) is 0 Å². The highest BCUT2D eigenvalue weighted by Gasteiger charge is 2.05. The van der Waals surface area contributed by atoms with Crippen molar-refractivity contribution in [3.05, 3.63) is 29.8 Å². The Balaban J connectivity index is 2.37. The van der Waals surface area contributed by atoms with E-state index >= 15 is 0 Å².